The van der Waals surface area contributed by atoms with E-state index in [1.165, 1.54) is 12.8 Å². The maximum atomic E-state index is 2.39. The number of hydrogen-bond acceptors (Lipinski definition) is 0. The van der Waals surface area contributed by atoms with Gasteiger partial charge in [0.15, 0.2) is 0 Å². The fourth-order valence-electron chi connectivity index (χ4n) is 2.18. The lowest BCUT2D eigenvalue weighted by atomic mass is 9.79. The summed E-state index contributed by atoms with van der Waals surface area (Å²) in [6, 6.07) is 0. The van der Waals surface area contributed by atoms with Crippen molar-refractivity contribution in [2.45, 2.75) is 19.8 Å². The lowest BCUT2D eigenvalue weighted by Crippen LogP contribution is -2.18. The predicted molar refractivity (Wildman–Crippen MR) is 43.7 cm³/mol. The predicted octanol–water partition coefficient (Wildman–Crippen LogP) is 2.77. The molecule has 0 saturated carbocycles. The Balaban J connectivity index is 2.18. The van der Waals surface area contributed by atoms with E-state index in [1.807, 2.05) is 0 Å². The van der Waals surface area contributed by atoms with Crippen molar-refractivity contribution in [3.05, 3.63) is 24.3 Å². The van der Waals surface area contributed by atoms with Crippen molar-refractivity contribution in [3.8, 4) is 0 Å². The number of fused-ring (bicyclic) bond motifs is 1. The van der Waals surface area contributed by atoms with Crippen molar-refractivity contribution in [1.82, 2.24) is 0 Å². The molecule has 0 aromatic carbocycles. The van der Waals surface area contributed by atoms with E-state index in [4.69, 9.17) is 0 Å². The highest BCUT2D eigenvalue weighted by molar-refractivity contribution is 5.11. The quantitative estimate of drug-likeness (QED) is 0.447. The van der Waals surface area contributed by atoms with E-state index in [0.29, 0.717) is 0 Å². The van der Waals surface area contributed by atoms with Gasteiger partial charge in [0.05, 0.1) is 0 Å². The van der Waals surface area contributed by atoms with Gasteiger partial charge in [-0.2, -0.15) is 0 Å². The van der Waals surface area contributed by atoms with Gasteiger partial charge in [-0.15, -0.1) is 0 Å². The van der Waals surface area contributed by atoms with Gasteiger partial charge in [0, 0.05) is 0 Å². The van der Waals surface area contributed by atoms with Crippen LogP contribution in [-0.4, -0.2) is 0 Å². The highest BCUT2D eigenvalue weighted by Crippen LogP contribution is 2.37. The normalized spacial score (nSPS) is 43.9. The van der Waals surface area contributed by atoms with Gasteiger partial charge >= 0.3 is 0 Å². The molecule has 0 heteroatoms. The highest BCUT2D eigenvalue weighted by atomic mass is 14.3. The Morgan fingerprint density at radius 3 is 2.70 bits per heavy atom. The third kappa shape index (κ3) is 0.828. The van der Waals surface area contributed by atoms with Gasteiger partial charge in [0.1, 0.15) is 0 Å². The van der Waals surface area contributed by atoms with Gasteiger partial charge in [0.25, 0.3) is 0 Å². The Labute approximate surface area is 62.6 Å². The monoisotopic (exact) mass is 134 g/mol. The fraction of sp³-hybridized carbons (Fsp3) is 0.600. The largest absolute Gasteiger partial charge is 0.0879 e. The summed E-state index contributed by atoms with van der Waals surface area (Å²) in [5.41, 5.74) is 0. The van der Waals surface area contributed by atoms with Crippen LogP contribution in [0, 0.1) is 17.8 Å². The number of allylic oxidation sites excluding steroid dienone is 4. The molecular weight excluding hydrogens is 120 g/mol. The van der Waals surface area contributed by atoms with Crippen molar-refractivity contribution < 1.29 is 0 Å². The first-order valence-electron chi connectivity index (χ1n) is 4.21. The lowest BCUT2D eigenvalue weighted by molar-refractivity contribution is 0.330. The second-order valence-corrected chi connectivity index (χ2v) is 3.51. The minimum Gasteiger partial charge on any atom is -0.0879 e. The average molecular weight is 134 g/mol. The van der Waals surface area contributed by atoms with Crippen molar-refractivity contribution in [2.75, 3.05) is 0 Å². The van der Waals surface area contributed by atoms with Crippen LogP contribution in [0.4, 0.5) is 0 Å². The van der Waals surface area contributed by atoms with E-state index < -0.39 is 0 Å². The topological polar surface area (TPSA) is 0 Å². The van der Waals surface area contributed by atoms with Gasteiger partial charge in [0.2, 0.25) is 0 Å². The van der Waals surface area contributed by atoms with Gasteiger partial charge in [-0.1, -0.05) is 31.2 Å². The number of hydrogen-bond donors (Lipinski definition) is 0. The molecule has 2 aliphatic carbocycles. The Hall–Kier alpha value is -0.520. The Kier molecular flexibility index (Phi) is 1.40. The average Bonchev–Trinajstić information content (AvgIpc) is 2.36. The van der Waals surface area contributed by atoms with Gasteiger partial charge in [-0.3, -0.25) is 0 Å². The van der Waals surface area contributed by atoms with Crippen molar-refractivity contribution in [1.29, 1.82) is 0 Å². The Morgan fingerprint density at radius 1 is 1.10 bits per heavy atom. The second kappa shape index (κ2) is 2.26. The fourth-order valence-corrected chi connectivity index (χ4v) is 2.18. The van der Waals surface area contributed by atoms with E-state index in [-0.39, 0.29) is 0 Å². The van der Waals surface area contributed by atoms with E-state index >= 15 is 0 Å². The first-order chi connectivity index (χ1) is 4.88. The van der Waals surface area contributed by atoms with Crippen molar-refractivity contribution >= 4 is 0 Å². The maximum absolute atomic E-state index is 2.39. The summed E-state index contributed by atoms with van der Waals surface area (Å²) in [5.74, 6) is 2.62. The molecule has 0 aromatic heterocycles. The lowest BCUT2D eigenvalue weighted by Gasteiger charge is -2.26. The van der Waals surface area contributed by atoms with Crippen LogP contribution < -0.4 is 0 Å². The molecular formula is C10H14. The molecule has 0 amide bonds. The molecule has 0 nitrogen and oxygen atoms in total. The van der Waals surface area contributed by atoms with Gasteiger partial charge < -0.3 is 0 Å². The molecule has 2 rings (SSSR count). The zero-order valence-corrected chi connectivity index (χ0v) is 6.46. The van der Waals surface area contributed by atoms with Crippen LogP contribution in [0.25, 0.3) is 0 Å². The third-order valence-electron chi connectivity index (χ3n) is 2.86. The van der Waals surface area contributed by atoms with Crippen molar-refractivity contribution in [3.63, 3.8) is 0 Å². The van der Waals surface area contributed by atoms with Gasteiger partial charge in [-0.05, 0) is 30.6 Å². The summed E-state index contributed by atoms with van der Waals surface area (Å²) in [6.45, 7) is 2.33. The molecule has 54 valence electrons. The second-order valence-electron chi connectivity index (χ2n) is 3.51. The molecule has 0 bridgehead atoms. The van der Waals surface area contributed by atoms with E-state index in [1.54, 1.807) is 0 Å². The first kappa shape index (κ1) is 6.21. The molecule has 10 heavy (non-hydrogen) atoms. The Morgan fingerprint density at radius 2 is 1.90 bits per heavy atom. The molecule has 0 radical (unpaired) electrons. The van der Waals surface area contributed by atoms with Gasteiger partial charge in [-0.25, -0.2) is 0 Å². The molecule has 3 unspecified atom stereocenters. The standard InChI is InChI=1S/C10H14/c1-8-4-2-5-9-6-3-7-10(8)9/h2-4,6,8-10H,5,7H2,1H3. The maximum Gasteiger partial charge on any atom is -0.0162 e. The van der Waals surface area contributed by atoms with Crippen LogP contribution in [0.5, 0.6) is 0 Å². The smallest absolute Gasteiger partial charge is 0.0162 e. The Bertz CT molecular complexity index is 176. The summed E-state index contributed by atoms with van der Waals surface area (Å²) in [6.07, 6.45) is 12.0. The van der Waals surface area contributed by atoms with E-state index in [9.17, 15) is 0 Å². The van der Waals surface area contributed by atoms with Crippen LogP contribution in [0.3, 0.4) is 0 Å². The summed E-state index contributed by atoms with van der Waals surface area (Å²) < 4.78 is 0. The summed E-state index contributed by atoms with van der Waals surface area (Å²) >= 11 is 0. The minimum atomic E-state index is 0.814. The summed E-state index contributed by atoms with van der Waals surface area (Å²) in [5, 5.41) is 0. The molecule has 0 heterocycles. The van der Waals surface area contributed by atoms with E-state index in [2.05, 4.69) is 31.2 Å². The number of rotatable bonds is 0. The van der Waals surface area contributed by atoms with Crippen LogP contribution in [0.1, 0.15) is 19.8 Å². The molecule has 0 N–H and O–H groups in total. The molecule has 0 aromatic rings. The van der Waals surface area contributed by atoms with E-state index in [0.717, 1.165) is 17.8 Å². The molecule has 2 aliphatic rings. The summed E-state index contributed by atoms with van der Waals surface area (Å²) in [7, 11) is 0. The SMILES string of the molecule is CC1C=CCC2C=CCC12. The highest BCUT2D eigenvalue weighted by Gasteiger charge is 2.27. The first-order valence-corrected chi connectivity index (χ1v) is 4.21. The zero-order valence-electron chi connectivity index (χ0n) is 6.46. The van der Waals surface area contributed by atoms with Crippen LogP contribution in [0.2, 0.25) is 0 Å². The van der Waals surface area contributed by atoms with Crippen LogP contribution >= 0.6 is 0 Å². The van der Waals surface area contributed by atoms with Crippen molar-refractivity contribution in [2.24, 2.45) is 17.8 Å². The zero-order chi connectivity index (χ0) is 6.97. The summed E-state index contributed by atoms with van der Waals surface area (Å²) in [4.78, 5) is 0. The molecule has 0 saturated heterocycles. The molecule has 3 atom stereocenters. The molecule has 0 spiro atoms. The third-order valence-corrected chi connectivity index (χ3v) is 2.86. The van der Waals surface area contributed by atoms with Crippen LogP contribution in [0.15, 0.2) is 24.3 Å². The van der Waals surface area contributed by atoms with Crippen LogP contribution in [-0.2, 0) is 0 Å². The molecule has 0 aliphatic heterocycles. The minimum absolute atomic E-state index is 0.814. The molecule has 0 fully saturated rings.